The lowest BCUT2D eigenvalue weighted by molar-refractivity contribution is 0.185. The average Bonchev–Trinajstić information content (AvgIpc) is 3.00. The van der Waals surface area contributed by atoms with Gasteiger partial charge in [-0.15, -0.1) is 11.8 Å². The van der Waals surface area contributed by atoms with Crippen LogP contribution < -0.4 is 5.32 Å². The van der Waals surface area contributed by atoms with Crippen LogP contribution in [0.15, 0.2) is 35.6 Å². The Morgan fingerprint density at radius 3 is 3.15 bits per heavy atom. The zero-order valence-electron chi connectivity index (χ0n) is 11.4. The maximum atomic E-state index is 5.37. The van der Waals surface area contributed by atoms with E-state index < -0.39 is 0 Å². The van der Waals surface area contributed by atoms with Gasteiger partial charge in [-0.1, -0.05) is 18.2 Å². The molecule has 1 aliphatic rings. The molecule has 0 aliphatic carbocycles. The lowest BCUT2D eigenvalue weighted by Crippen LogP contribution is -2.25. The lowest BCUT2D eigenvalue weighted by Gasteiger charge is -2.09. The first-order valence-electron chi connectivity index (χ1n) is 7.04. The molecule has 5 heteroatoms. The maximum Gasteiger partial charge on any atom is 0.117 e. The Kier molecular flexibility index (Phi) is 4.84. The topological polar surface area (TPSA) is 47.0 Å². The minimum Gasteiger partial charge on any atom is -0.381 e. The molecule has 2 heterocycles. The van der Waals surface area contributed by atoms with E-state index in [1.165, 1.54) is 6.42 Å². The van der Waals surface area contributed by atoms with Crippen molar-refractivity contribution >= 4 is 22.7 Å². The number of ether oxygens (including phenoxy) is 1. The van der Waals surface area contributed by atoms with Crippen LogP contribution in [0, 0.1) is 5.92 Å². The van der Waals surface area contributed by atoms with Gasteiger partial charge in [0, 0.05) is 30.8 Å². The molecule has 1 aliphatic heterocycles. The highest BCUT2D eigenvalue weighted by Gasteiger charge is 2.14. The second kappa shape index (κ2) is 7.02. The van der Waals surface area contributed by atoms with Crippen molar-refractivity contribution in [2.24, 2.45) is 5.92 Å². The monoisotopic (exact) mass is 289 g/mol. The van der Waals surface area contributed by atoms with E-state index in [0.717, 1.165) is 48.0 Å². The van der Waals surface area contributed by atoms with E-state index in [4.69, 9.17) is 4.74 Å². The molecule has 20 heavy (non-hydrogen) atoms. The average molecular weight is 289 g/mol. The Morgan fingerprint density at radius 1 is 1.30 bits per heavy atom. The predicted molar refractivity (Wildman–Crippen MR) is 82.1 cm³/mol. The van der Waals surface area contributed by atoms with Crippen LogP contribution in [0.2, 0.25) is 0 Å². The Hall–Kier alpha value is -1.17. The van der Waals surface area contributed by atoms with E-state index in [0.29, 0.717) is 5.92 Å². The predicted octanol–water partition coefficient (Wildman–Crippen LogP) is 2.35. The fourth-order valence-corrected chi connectivity index (χ4v) is 3.26. The summed E-state index contributed by atoms with van der Waals surface area (Å²) >= 11 is 1.79. The zero-order chi connectivity index (χ0) is 13.6. The van der Waals surface area contributed by atoms with Crippen molar-refractivity contribution in [2.45, 2.75) is 11.4 Å². The third-order valence-corrected chi connectivity index (χ3v) is 4.49. The van der Waals surface area contributed by atoms with E-state index in [9.17, 15) is 0 Å². The van der Waals surface area contributed by atoms with Crippen LogP contribution in [0.4, 0.5) is 0 Å². The third-order valence-electron chi connectivity index (χ3n) is 3.48. The van der Waals surface area contributed by atoms with Gasteiger partial charge in [0.15, 0.2) is 0 Å². The molecule has 106 valence electrons. The summed E-state index contributed by atoms with van der Waals surface area (Å²) < 4.78 is 5.37. The molecule has 1 atom stereocenters. The van der Waals surface area contributed by atoms with E-state index in [2.05, 4.69) is 21.4 Å². The molecule has 1 saturated heterocycles. The van der Waals surface area contributed by atoms with Gasteiger partial charge in [0.05, 0.1) is 12.1 Å². The first-order chi connectivity index (χ1) is 9.93. The van der Waals surface area contributed by atoms with Crippen LogP contribution in [-0.2, 0) is 4.74 Å². The van der Waals surface area contributed by atoms with Crippen LogP contribution in [-0.4, -0.2) is 42.0 Å². The van der Waals surface area contributed by atoms with Crippen LogP contribution in [0.1, 0.15) is 6.42 Å². The number of thioether (sulfide) groups is 1. The molecule has 0 saturated carbocycles. The van der Waals surface area contributed by atoms with Crippen LogP contribution in [0.3, 0.4) is 0 Å². The standard InChI is InChI=1S/C15H19N3OS/c1-2-4-14-13(3-1)15(18-11-17-14)20-8-6-16-9-12-5-7-19-10-12/h1-4,11-12,16H,5-10H2. The lowest BCUT2D eigenvalue weighted by atomic mass is 10.1. The normalized spacial score (nSPS) is 18.7. The first kappa shape index (κ1) is 13.8. The van der Waals surface area contributed by atoms with Gasteiger partial charge in [0.2, 0.25) is 0 Å². The van der Waals surface area contributed by atoms with Crippen molar-refractivity contribution in [1.29, 1.82) is 0 Å². The van der Waals surface area contributed by atoms with Gasteiger partial charge in [-0.2, -0.15) is 0 Å². The van der Waals surface area contributed by atoms with E-state index in [1.807, 2.05) is 18.2 Å². The van der Waals surface area contributed by atoms with E-state index in [1.54, 1.807) is 18.1 Å². The summed E-state index contributed by atoms with van der Waals surface area (Å²) in [6.45, 7) is 3.90. The second-order valence-electron chi connectivity index (χ2n) is 4.98. The van der Waals surface area contributed by atoms with Gasteiger partial charge < -0.3 is 10.1 Å². The first-order valence-corrected chi connectivity index (χ1v) is 8.03. The van der Waals surface area contributed by atoms with E-state index >= 15 is 0 Å². The number of para-hydroxylation sites is 1. The zero-order valence-corrected chi connectivity index (χ0v) is 12.2. The summed E-state index contributed by atoms with van der Waals surface area (Å²) in [5, 5.41) is 5.72. The van der Waals surface area contributed by atoms with Crippen molar-refractivity contribution in [3.05, 3.63) is 30.6 Å². The number of fused-ring (bicyclic) bond motifs is 1. The molecule has 1 N–H and O–H groups in total. The van der Waals surface area contributed by atoms with Gasteiger partial charge in [0.25, 0.3) is 0 Å². The van der Waals surface area contributed by atoms with Gasteiger partial charge in [-0.25, -0.2) is 9.97 Å². The number of nitrogens with one attached hydrogen (secondary N) is 1. The number of hydrogen-bond donors (Lipinski definition) is 1. The Labute approximate surface area is 123 Å². The third kappa shape index (κ3) is 3.48. The van der Waals surface area contributed by atoms with Crippen molar-refractivity contribution in [2.75, 3.05) is 32.1 Å². The number of rotatable bonds is 6. The maximum absolute atomic E-state index is 5.37. The molecule has 0 amide bonds. The summed E-state index contributed by atoms with van der Waals surface area (Å²) in [7, 11) is 0. The van der Waals surface area contributed by atoms with Crippen LogP contribution >= 0.6 is 11.8 Å². The molecule has 1 unspecified atom stereocenters. The van der Waals surface area contributed by atoms with Crippen molar-refractivity contribution in [3.8, 4) is 0 Å². The van der Waals surface area contributed by atoms with Crippen molar-refractivity contribution < 1.29 is 4.74 Å². The molecular weight excluding hydrogens is 270 g/mol. The van der Waals surface area contributed by atoms with Crippen LogP contribution in [0.25, 0.3) is 10.9 Å². The fourth-order valence-electron chi connectivity index (χ4n) is 2.37. The fraction of sp³-hybridized carbons (Fsp3) is 0.467. The minimum absolute atomic E-state index is 0.694. The quantitative estimate of drug-likeness (QED) is 0.502. The van der Waals surface area contributed by atoms with E-state index in [-0.39, 0.29) is 0 Å². The minimum atomic E-state index is 0.694. The largest absolute Gasteiger partial charge is 0.381 e. The highest BCUT2D eigenvalue weighted by atomic mass is 32.2. The van der Waals surface area contributed by atoms with Crippen molar-refractivity contribution in [1.82, 2.24) is 15.3 Å². The van der Waals surface area contributed by atoms with Crippen molar-refractivity contribution in [3.63, 3.8) is 0 Å². The van der Waals surface area contributed by atoms with Gasteiger partial charge in [-0.05, 0) is 18.4 Å². The molecule has 3 rings (SSSR count). The summed E-state index contributed by atoms with van der Waals surface area (Å²) in [5.74, 6) is 1.72. The molecule has 1 fully saturated rings. The summed E-state index contributed by atoms with van der Waals surface area (Å²) in [6, 6.07) is 8.16. The molecule has 4 nitrogen and oxygen atoms in total. The summed E-state index contributed by atoms with van der Waals surface area (Å²) in [6.07, 6.45) is 2.84. The molecule has 1 aromatic carbocycles. The highest BCUT2D eigenvalue weighted by Crippen LogP contribution is 2.23. The highest BCUT2D eigenvalue weighted by molar-refractivity contribution is 7.99. The molecular formula is C15H19N3OS. The summed E-state index contributed by atoms with van der Waals surface area (Å²) in [5.41, 5.74) is 1.01. The second-order valence-corrected chi connectivity index (χ2v) is 6.06. The Morgan fingerprint density at radius 2 is 2.25 bits per heavy atom. The number of nitrogens with zero attached hydrogens (tertiary/aromatic N) is 2. The van der Waals surface area contributed by atoms with Crippen LogP contribution in [0.5, 0.6) is 0 Å². The number of aromatic nitrogens is 2. The van der Waals surface area contributed by atoms with Gasteiger partial charge in [-0.3, -0.25) is 0 Å². The SMILES string of the molecule is c1ccc2c(SCCNCC3CCOC3)ncnc2c1. The number of hydrogen-bond acceptors (Lipinski definition) is 5. The molecule has 0 bridgehead atoms. The molecule has 2 aromatic rings. The smallest absolute Gasteiger partial charge is 0.117 e. The Balaban J connectivity index is 1.47. The van der Waals surface area contributed by atoms with Gasteiger partial charge in [0.1, 0.15) is 11.4 Å². The number of benzene rings is 1. The molecule has 1 aromatic heterocycles. The molecule has 0 radical (unpaired) electrons. The van der Waals surface area contributed by atoms with Gasteiger partial charge >= 0.3 is 0 Å². The molecule has 0 spiro atoms. The summed E-state index contributed by atoms with van der Waals surface area (Å²) in [4.78, 5) is 8.67. The Bertz CT molecular complexity index is 552.